The fraction of sp³-hybridized carbons (Fsp3) is 0.222. The van der Waals surface area contributed by atoms with Crippen molar-refractivity contribution in [2.24, 2.45) is 5.18 Å². The number of ether oxygens (including phenoxy) is 1. The van der Waals surface area contributed by atoms with E-state index < -0.39 is 0 Å². The van der Waals surface area contributed by atoms with Gasteiger partial charge in [-0.3, -0.25) is 0 Å². The Bertz CT molecular complexity index is 647. The molecule has 1 heterocycles. The highest BCUT2D eigenvalue weighted by molar-refractivity contribution is 5.89. The van der Waals surface area contributed by atoms with E-state index in [1.54, 1.807) is 0 Å². The Kier molecular flexibility index (Phi) is 4.61. The van der Waals surface area contributed by atoms with E-state index in [1.807, 2.05) is 60.7 Å². The summed E-state index contributed by atoms with van der Waals surface area (Å²) >= 11 is 0. The zero-order chi connectivity index (χ0) is 15.2. The van der Waals surface area contributed by atoms with E-state index in [2.05, 4.69) is 10.1 Å². The Morgan fingerprint density at radius 1 is 0.864 bits per heavy atom. The Morgan fingerprint density at radius 2 is 1.41 bits per heavy atom. The average molecular weight is 294 g/mol. The largest absolute Gasteiger partial charge is 0.378 e. The number of hydrogen-bond donors (Lipinski definition) is 0. The summed E-state index contributed by atoms with van der Waals surface area (Å²) in [5.41, 5.74) is 3.20. The van der Waals surface area contributed by atoms with Gasteiger partial charge in [0.05, 0.1) is 18.9 Å². The maximum Gasteiger partial charge on any atom is 0.139 e. The molecule has 3 rings (SSSR count). The quantitative estimate of drug-likeness (QED) is 0.639. The molecule has 0 aromatic heterocycles. The monoisotopic (exact) mass is 294 g/mol. The maximum atomic E-state index is 11.6. The van der Waals surface area contributed by atoms with Crippen molar-refractivity contribution in [3.8, 4) is 0 Å². The maximum absolute atomic E-state index is 11.6. The van der Waals surface area contributed by atoms with Crippen LogP contribution in [0.5, 0.6) is 0 Å². The van der Waals surface area contributed by atoms with Crippen LogP contribution in [-0.4, -0.2) is 31.2 Å². The first kappa shape index (κ1) is 14.5. The third-order valence-corrected chi connectivity index (χ3v) is 3.74. The second-order valence-corrected chi connectivity index (χ2v) is 5.12. The predicted octanol–water partition coefficient (Wildman–Crippen LogP) is 3.61. The van der Waals surface area contributed by atoms with Gasteiger partial charge in [0, 0.05) is 24.2 Å². The smallest absolute Gasteiger partial charge is 0.139 e. The Labute approximate surface area is 130 Å². The lowest BCUT2D eigenvalue weighted by Gasteiger charge is -2.32. The highest BCUT2D eigenvalue weighted by atomic mass is 16.5. The summed E-state index contributed by atoms with van der Waals surface area (Å²) in [6.45, 7) is 2.85. The van der Waals surface area contributed by atoms with Crippen LogP contribution in [0.1, 0.15) is 11.1 Å². The van der Waals surface area contributed by atoms with Crippen molar-refractivity contribution in [3.05, 3.63) is 76.7 Å². The minimum atomic E-state index is 0.480. The normalized spacial score (nSPS) is 16.1. The summed E-state index contributed by atoms with van der Waals surface area (Å²) in [6.07, 6.45) is 0. The van der Waals surface area contributed by atoms with Crippen molar-refractivity contribution in [2.75, 3.05) is 26.3 Å². The summed E-state index contributed by atoms with van der Waals surface area (Å²) in [4.78, 5) is 13.8. The van der Waals surface area contributed by atoms with Gasteiger partial charge >= 0.3 is 0 Å². The predicted molar refractivity (Wildman–Crippen MR) is 87.9 cm³/mol. The van der Waals surface area contributed by atoms with Gasteiger partial charge in [0.2, 0.25) is 0 Å². The van der Waals surface area contributed by atoms with Crippen LogP contribution < -0.4 is 0 Å². The van der Waals surface area contributed by atoms with Gasteiger partial charge in [0.1, 0.15) is 5.70 Å². The summed E-state index contributed by atoms with van der Waals surface area (Å²) in [5.74, 6) is 0. The lowest BCUT2D eigenvalue weighted by Crippen LogP contribution is -2.35. The van der Waals surface area contributed by atoms with Crippen molar-refractivity contribution in [1.29, 1.82) is 0 Å². The van der Waals surface area contributed by atoms with Gasteiger partial charge in [-0.15, -0.1) is 4.91 Å². The molecule has 4 heteroatoms. The van der Waals surface area contributed by atoms with Crippen LogP contribution in [-0.2, 0) is 4.74 Å². The first-order valence-electron chi connectivity index (χ1n) is 7.41. The van der Waals surface area contributed by atoms with Gasteiger partial charge in [-0.1, -0.05) is 60.7 Å². The SMILES string of the molecule is O=NC(=C(c1ccccc1)N1CCOCC1)c1ccccc1. The van der Waals surface area contributed by atoms with Crippen molar-refractivity contribution in [3.63, 3.8) is 0 Å². The molecule has 0 spiro atoms. The molecule has 0 radical (unpaired) electrons. The third-order valence-electron chi connectivity index (χ3n) is 3.74. The first-order chi connectivity index (χ1) is 10.9. The van der Waals surface area contributed by atoms with Crippen LogP contribution >= 0.6 is 0 Å². The molecule has 0 atom stereocenters. The molecular weight excluding hydrogens is 276 g/mol. The van der Waals surface area contributed by atoms with E-state index in [-0.39, 0.29) is 0 Å². The molecule has 112 valence electrons. The zero-order valence-corrected chi connectivity index (χ0v) is 12.3. The molecule has 0 aliphatic carbocycles. The van der Waals surface area contributed by atoms with Crippen LogP contribution in [0.3, 0.4) is 0 Å². The summed E-state index contributed by atoms with van der Waals surface area (Å²) in [5, 5.41) is 3.36. The molecule has 0 amide bonds. The van der Waals surface area contributed by atoms with Gasteiger partial charge in [-0.2, -0.15) is 0 Å². The van der Waals surface area contributed by atoms with Crippen LogP contribution in [0.4, 0.5) is 0 Å². The fourth-order valence-corrected chi connectivity index (χ4v) is 2.68. The van der Waals surface area contributed by atoms with Crippen LogP contribution in [0.15, 0.2) is 65.8 Å². The zero-order valence-electron chi connectivity index (χ0n) is 12.3. The van der Waals surface area contributed by atoms with E-state index in [4.69, 9.17) is 4.74 Å². The van der Waals surface area contributed by atoms with E-state index in [9.17, 15) is 4.91 Å². The Morgan fingerprint density at radius 3 is 1.95 bits per heavy atom. The van der Waals surface area contributed by atoms with Gasteiger partial charge in [-0.25, -0.2) is 0 Å². The van der Waals surface area contributed by atoms with E-state index in [0.29, 0.717) is 18.9 Å². The van der Waals surface area contributed by atoms with Gasteiger partial charge in [0.25, 0.3) is 0 Å². The molecule has 2 aromatic rings. The molecule has 4 nitrogen and oxygen atoms in total. The Balaban J connectivity index is 2.14. The molecule has 1 fully saturated rings. The standard InChI is InChI=1S/C18H18N2O2/c21-19-17(15-7-3-1-4-8-15)18(16-9-5-2-6-10-16)20-11-13-22-14-12-20/h1-10H,11-14H2. The number of morpholine rings is 1. The van der Waals surface area contributed by atoms with E-state index >= 15 is 0 Å². The number of hydrogen-bond acceptors (Lipinski definition) is 4. The van der Waals surface area contributed by atoms with Crippen molar-refractivity contribution in [2.45, 2.75) is 0 Å². The summed E-state index contributed by atoms with van der Waals surface area (Å²) in [7, 11) is 0. The Hall–Kier alpha value is -2.46. The van der Waals surface area contributed by atoms with E-state index in [1.165, 1.54) is 0 Å². The van der Waals surface area contributed by atoms with Crippen LogP contribution in [0.25, 0.3) is 11.4 Å². The van der Waals surface area contributed by atoms with Crippen molar-refractivity contribution in [1.82, 2.24) is 4.90 Å². The molecule has 0 N–H and O–H groups in total. The topological polar surface area (TPSA) is 41.9 Å². The second-order valence-electron chi connectivity index (χ2n) is 5.12. The van der Waals surface area contributed by atoms with Gasteiger partial charge < -0.3 is 9.64 Å². The molecule has 1 aliphatic heterocycles. The molecule has 1 saturated heterocycles. The molecule has 0 unspecified atom stereocenters. The lowest BCUT2D eigenvalue weighted by atomic mass is 10.0. The first-order valence-corrected chi connectivity index (χ1v) is 7.41. The van der Waals surface area contributed by atoms with Crippen LogP contribution in [0.2, 0.25) is 0 Å². The molecule has 1 aliphatic rings. The fourth-order valence-electron chi connectivity index (χ4n) is 2.68. The van der Waals surface area contributed by atoms with Crippen molar-refractivity contribution < 1.29 is 4.74 Å². The number of nitrogens with zero attached hydrogens (tertiary/aromatic N) is 2. The van der Waals surface area contributed by atoms with Gasteiger partial charge in [-0.05, 0) is 5.18 Å². The number of benzene rings is 2. The minimum Gasteiger partial charge on any atom is -0.378 e. The molecular formula is C18H18N2O2. The molecule has 0 saturated carbocycles. The molecule has 2 aromatic carbocycles. The molecule has 0 bridgehead atoms. The van der Waals surface area contributed by atoms with E-state index in [0.717, 1.165) is 29.9 Å². The third kappa shape index (κ3) is 3.07. The lowest BCUT2D eigenvalue weighted by molar-refractivity contribution is 0.0641. The number of nitroso groups, excluding NO2 is 1. The van der Waals surface area contributed by atoms with Crippen molar-refractivity contribution >= 4 is 11.4 Å². The summed E-state index contributed by atoms with van der Waals surface area (Å²) < 4.78 is 5.43. The molecule has 22 heavy (non-hydrogen) atoms. The minimum absolute atomic E-state index is 0.480. The highest BCUT2D eigenvalue weighted by Crippen LogP contribution is 2.30. The summed E-state index contributed by atoms with van der Waals surface area (Å²) in [6, 6.07) is 19.6. The highest BCUT2D eigenvalue weighted by Gasteiger charge is 2.21. The van der Waals surface area contributed by atoms with Crippen LogP contribution in [0, 0.1) is 4.91 Å². The number of rotatable bonds is 4. The average Bonchev–Trinajstić information content (AvgIpc) is 2.62. The second kappa shape index (κ2) is 7.00. The van der Waals surface area contributed by atoms with Gasteiger partial charge in [0.15, 0.2) is 0 Å².